The van der Waals surface area contributed by atoms with Crippen LogP contribution in [0, 0.1) is 0 Å². The molecule has 2 amide bonds. The normalized spacial score (nSPS) is 12.1. The first-order valence-electron chi connectivity index (χ1n) is 7.37. The van der Waals surface area contributed by atoms with Crippen LogP contribution in [0.3, 0.4) is 0 Å². The number of hydrogen-bond donors (Lipinski definition) is 2. The lowest BCUT2D eigenvalue weighted by Gasteiger charge is -2.16. The minimum atomic E-state index is -0.445. The lowest BCUT2D eigenvalue weighted by molar-refractivity contribution is 0.249. The second-order valence-electron chi connectivity index (χ2n) is 5.45. The number of nitrogens with one attached hydrogen (secondary N) is 2. The van der Waals surface area contributed by atoms with Gasteiger partial charge in [0, 0.05) is 17.8 Å². The van der Waals surface area contributed by atoms with Crippen LogP contribution in [0.25, 0.3) is 11.1 Å². The number of benzene rings is 2. The topological polar surface area (TPSA) is 76.3 Å². The van der Waals surface area contributed by atoms with Gasteiger partial charge in [-0.2, -0.15) is 0 Å². The van der Waals surface area contributed by atoms with Crippen molar-refractivity contribution in [2.45, 2.75) is 13.0 Å². The van der Waals surface area contributed by atoms with Gasteiger partial charge in [0.25, 0.3) is 0 Å². The highest BCUT2D eigenvalue weighted by Gasteiger charge is 2.13. The average Bonchev–Trinajstić information content (AvgIpc) is 2.82. The Kier molecular flexibility index (Phi) is 4.31. The monoisotopic (exact) mass is 345 g/mol. The smallest absolute Gasteiger partial charge is 0.408 e. The van der Waals surface area contributed by atoms with E-state index in [9.17, 15) is 9.59 Å². The first-order valence-corrected chi connectivity index (χ1v) is 7.75. The molecule has 6 nitrogen and oxygen atoms in total. The number of fused-ring (bicyclic) bond motifs is 1. The molecule has 2 aromatic carbocycles. The van der Waals surface area contributed by atoms with Gasteiger partial charge < -0.3 is 15.1 Å². The summed E-state index contributed by atoms with van der Waals surface area (Å²) in [5, 5.41) is 6.16. The maximum atomic E-state index is 12.2. The van der Waals surface area contributed by atoms with Gasteiger partial charge in [0.1, 0.15) is 0 Å². The molecule has 0 saturated heterocycles. The molecule has 3 rings (SSSR count). The van der Waals surface area contributed by atoms with Crippen molar-refractivity contribution in [3.63, 3.8) is 0 Å². The maximum absolute atomic E-state index is 12.2. The summed E-state index contributed by atoms with van der Waals surface area (Å²) in [5.74, 6) is -0.445. The van der Waals surface area contributed by atoms with Crippen molar-refractivity contribution in [1.82, 2.24) is 9.88 Å². The molecule has 0 fully saturated rings. The molecule has 0 aliphatic rings. The molecule has 1 aromatic heterocycles. The molecule has 3 aromatic rings. The van der Waals surface area contributed by atoms with Crippen LogP contribution in [0.5, 0.6) is 0 Å². The van der Waals surface area contributed by atoms with E-state index in [1.807, 2.05) is 25.1 Å². The van der Waals surface area contributed by atoms with E-state index in [0.29, 0.717) is 21.8 Å². The predicted octanol–water partition coefficient (Wildman–Crippen LogP) is 3.67. The minimum absolute atomic E-state index is 0.249. The number of amides is 2. The van der Waals surface area contributed by atoms with Crippen molar-refractivity contribution in [2.24, 2.45) is 7.05 Å². The van der Waals surface area contributed by atoms with Crippen LogP contribution in [0.2, 0.25) is 5.02 Å². The molecule has 7 heteroatoms. The van der Waals surface area contributed by atoms with Gasteiger partial charge in [-0.3, -0.25) is 4.57 Å². The van der Waals surface area contributed by atoms with E-state index < -0.39 is 5.76 Å². The highest BCUT2D eigenvalue weighted by Crippen LogP contribution is 2.22. The Morgan fingerprint density at radius 2 is 2.00 bits per heavy atom. The van der Waals surface area contributed by atoms with Crippen LogP contribution < -0.4 is 16.4 Å². The van der Waals surface area contributed by atoms with Gasteiger partial charge in [0.2, 0.25) is 0 Å². The lowest BCUT2D eigenvalue weighted by atomic mass is 10.1. The van der Waals surface area contributed by atoms with Gasteiger partial charge in [-0.1, -0.05) is 29.8 Å². The van der Waals surface area contributed by atoms with E-state index in [2.05, 4.69) is 10.6 Å². The number of urea groups is 1. The molecule has 0 aliphatic heterocycles. The largest absolute Gasteiger partial charge is 0.419 e. The van der Waals surface area contributed by atoms with E-state index >= 15 is 0 Å². The predicted molar refractivity (Wildman–Crippen MR) is 93.5 cm³/mol. The fourth-order valence-corrected chi connectivity index (χ4v) is 2.77. The number of carbonyl (C=O) groups excluding carboxylic acids is 1. The molecule has 0 bridgehead atoms. The molecule has 0 radical (unpaired) electrons. The van der Waals surface area contributed by atoms with Gasteiger partial charge in [0.05, 0.1) is 11.6 Å². The van der Waals surface area contributed by atoms with E-state index in [1.165, 1.54) is 4.57 Å². The first-order chi connectivity index (χ1) is 11.5. The third kappa shape index (κ3) is 3.14. The number of aryl methyl sites for hydroxylation is 1. The van der Waals surface area contributed by atoms with Gasteiger partial charge in [-0.15, -0.1) is 0 Å². The highest BCUT2D eigenvalue weighted by atomic mass is 35.5. The molecule has 2 N–H and O–H groups in total. The van der Waals surface area contributed by atoms with E-state index in [-0.39, 0.29) is 12.1 Å². The molecule has 0 aliphatic carbocycles. The second-order valence-corrected chi connectivity index (χ2v) is 5.86. The first kappa shape index (κ1) is 16.1. The van der Waals surface area contributed by atoms with Crippen molar-refractivity contribution in [1.29, 1.82) is 0 Å². The third-order valence-corrected chi connectivity index (χ3v) is 4.11. The zero-order valence-corrected chi connectivity index (χ0v) is 13.9. The zero-order chi connectivity index (χ0) is 17.3. The van der Waals surface area contributed by atoms with E-state index in [4.69, 9.17) is 16.0 Å². The fourth-order valence-electron chi connectivity index (χ4n) is 2.47. The Labute approximate surface area is 143 Å². The quantitative estimate of drug-likeness (QED) is 0.760. The van der Waals surface area contributed by atoms with Gasteiger partial charge in [0.15, 0.2) is 5.58 Å². The Balaban J connectivity index is 1.74. The molecule has 0 unspecified atom stereocenters. The number of hydrogen-bond acceptors (Lipinski definition) is 3. The summed E-state index contributed by atoms with van der Waals surface area (Å²) >= 11 is 6.13. The fraction of sp³-hybridized carbons (Fsp3) is 0.176. The average molecular weight is 346 g/mol. The van der Waals surface area contributed by atoms with Crippen LogP contribution in [0.4, 0.5) is 10.5 Å². The molecular weight excluding hydrogens is 330 g/mol. The van der Waals surface area contributed by atoms with Crippen molar-refractivity contribution in [3.8, 4) is 0 Å². The number of carbonyl (C=O) groups is 1. The summed E-state index contributed by atoms with van der Waals surface area (Å²) in [7, 11) is 1.61. The Morgan fingerprint density at radius 3 is 2.75 bits per heavy atom. The van der Waals surface area contributed by atoms with Crippen LogP contribution in [0.1, 0.15) is 18.5 Å². The Bertz CT molecular complexity index is 961. The Hall–Kier alpha value is -2.73. The van der Waals surface area contributed by atoms with Crippen molar-refractivity contribution in [3.05, 3.63) is 63.6 Å². The molecule has 0 saturated carbocycles. The van der Waals surface area contributed by atoms with Crippen molar-refractivity contribution >= 4 is 34.4 Å². The molecule has 24 heavy (non-hydrogen) atoms. The number of rotatable bonds is 3. The number of oxazole rings is 1. The summed E-state index contributed by atoms with van der Waals surface area (Å²) < 4.78 is 6.44. The molecular formula is C17H16ClN3O3. The number of halogens is 1. The standard InChI is InChI=1S/C17H16ClN3O3/c1-10(12-5-3-4-6-13(12)18)19-16(22)20-11-7-8-15-14(9-11)21(2)17(23)24-15/h3-10H,1-2H3,(H2,19,20,22)/t10-/m1/s1. The second kappa shape index (κ2) is 6.41. The summed E-state index contributed by atoms with van der Waals surface area (Å²) in [6.45, 7) is 1.85. The van der Waals surface area contributed by atoms with Crippen molar-refractivity contribution < 1.29 is 9.21 Å². The van der Waals surface area contributed by atoms with Crippen LogP contribution in [0.15, 0.2) is 51.7 Å². The Morgan fingerprint density at radius 1 is 1.25 bits per heavy atom. The van der Waals surface area contributed by atoms with Gasteiger partial charge >= 0.3 is 11.8 Å². The SMILES string of the molecule is C[C@@H](NC(=O)Nc1ccc2oc(=O)n(C)c2c1)c1ccccc1Cl. The number of nitrogens with zero attached hydrogens (tertiary/aromatic N) is 1. The summed E-state index contributed by atoms with van der Waals surface area (Å²) in [6.07, 6.45) is 0. The number of aromatic nitrogens is 1. The van der Waals surface area contributed by atoms with Crippen LogP contribution in [-0.2, 0) is 7.05 Å². The van der Waals surface area contributed by atoms with Crippen LogP contribution in [-0.4, -0.2) is 10.6 Å². The van der Waals surface area contributed by atoms with Gasteiger partial charge in [-0.25, -0.2) is 9.59 Å². The van der Waals surface area contributed by atoms with Gasteiger partial charge in [-0.05, 0) is 36.8 Å². The summed E-state index contributed by atoms with van der Waals surface area (Å²) in [4.78, 5) is 23.7. The third-order valence-electron chi connectivity index (χ3n) is 3.77. The van der Waals surface area contributed by atoms with Crippen molar-refractivity contribution in [2.75, 3.05) is 5.32 Å². The lowest BCUT2D eigenvalue weighted by Crippen LogP contribution is -2.31. The van der Waals surface area contributed by atoms with E-state index in [1.54, 1.807) is 31.3 Å². The highest BCUT2D eigenvalue weighted by molar-refractivity contribution is 6.31. The molecule has 1 heterocycles. The van der Waals surface area contributed by atoms with E-state index in [0.717, 1.165) is 5.56 Å². The molecule has 1 atom stereocenters. The summed E-state index contributed by atoms with van der Waals surface area (Å²) in [5.41, 5.74) is 2.47. The molecule has 124 valence electrons. The minimum Gasteiger partial charge on any atom is -0.408 e. The zero-order valence-electron chi connectivity index (χ0n) is 13.2. The van der Waals surface area contributed by atoms with Crippen LogP contribution >= 0.6 is 11.6 Å². The number of anilines is 1. The summed E-state index contributed by atoms with van der Waals surface area (Å²) in [6, 6.07) is 11.7. The molecule has 0 spiro atoms. The maximum Gasteiger partial charge on any atom is 0.419 e.